The van der Waals surface area contributed by atoms with Crippen molar-refractivity contribution in [1.82, 2.24) is 0 Å². The van der Waals surface area contributed by atoms with Crippen LogP contribution in [0.3, 0.4) is 0 Å². The molecule has 4 aromatic rings. The summed E-state index contributed by atoms with van der Waals surface area (Å²) < 4.78 is 18.2. The zero-order valence-corrected chi connectivity index (χ0v) is 21.8. The third-order valence-electron chi connectivity index (χ3n) is 6.04. The molecule has 0 saturated heterocycles. The lowest BCUT2D eigenvalue weighted by Gasteiger charge is -2.27. The second-order valence-corrected chi connectivity index (χ2v) is 10.1. The van der Waals surface area contributed by atoms with Crippen LogP contribution in [0.25, 0.3) is 10.1 Å². The minimum Gasteiger partial charge on any atom is -0.494 e. The molecule has 6 nitrogen and oxygen atoms in total. The summed E-state index contributed by atoms with van der Waals surface area (Å²) in [5, 5.41) is 11.0. The average Bonchev–Trinajstić information content (AvgIpc) is 3.22. The topological polar surface area (TPSA) is 94.6 Å². The molecule has 0 radical (unpaired) electrons. The molecule has 1 unspecified atom stereocenters. The first-order valence-corrected chi connectivity index (χ1v) is 12.9. The van der Waals surface area contributed by atoms with E-state index in [0.717, 1.165) is 33.2 Å². The number of hydrogen-bond donors (Lipinski definition) is 1. The second kappa shape index (κ2) is 10.2. The molecule has 2 N–H and O–H groups in total. The van der Waals surface area contributed by atoms with Gasteiger partial charge in [0.05, 0.1) is 17.5 Å². The molecule has 0 fully saturated rings. The van der Waals surface area contributed by atoms with Gasteiger partial charge in [-0.25, -0.2) is 4.79 Å². The quantitative estimate of drug-likeness (QED) is 0.211. The Bertz CT molecular complexity index is 1600. The van der Waals surface area contributed by atoms with E-state index in [0.29, 0.717) is 33.6 Å². The summed E-state index contributed by atoms with van der Waals surface area (Å²) in [6, 6.07) is 20.7. The van der Waals surface area contributed by atoms with Crippen molar-refractivity contribution in [2.24, 2.45) is 5.73 Å². The third kappa shape index (κ3) is 4.74. The van der Waals surface area contributed by atoms with Gasteiger partial charge in [0.15, 0.2) is 0 Å². The van der Waals surface area contributed by atoms with Crippen LogP contribution in [-0.2, 0) is 0 Å². The largest absolute Gasteiger partial charge is 0.494 e. The minimum atomic E-state index is -0.557. The van der Waals surface area contributed by atoms with Gasteiger partial charge in [0.1, 0.15) is 33.8 Å². The third-order valence-corrected chi connectivity index (χ3v) is 7.67. The fourth-order valence-electron chi connectivity index (χ4n) is 4.30. The van der Waals surface area contributed by atoms with Crippen molar-refractivity contribution in [2.45, 2.75) is 26.2 Å². The maximum absolute atomic E-state index is 13.0. The molecule has 3 aromatic carbocycles. The number of halogens is 1. The van der Waals surface area contributed by atoms with Crippen LogP contribution in [0.15, 0.2) is 72.1 Å². The molecule has 0 bridgehead atoms. The van der Waals surface area contributed by atoms with Crippen molar-refractivity contribution in [3.05, 3.63) is 98.7 Å². The Morgan fingerprint density at radius 2 is 2.00 bits per heavy atom. The number of allylic oxidation sites excluding steroid dienone is 1. The van der Waals surface area contributed by atoms with E-state index in [2.05, 4.69) is 6.07 Å². The molecular weight excluding hydrogens is 508 g/mol. The molecule has 37 heavy (non-hydrogen) atoms. The van der Waals surface area contributed by atoms with Crippen LogP contribution in [0.2, 0.25) is 5.02 Å². The Labute approximate surface area is 223 Å². The fraction of sp³-hybridized carbons (Fsp3) is 0.172. The molecule has 0 amide bonds. The number of aryl methyl sites for hydroxylation is 1. The summed E-state index contributed by atoms with van der Waals surface area (Å²) in [4.78, 5) is 13.3. The molecule has 2 heterocycles. The molecule has 1 aliphatic rings. The van der Waals surface area contributed by atoms with Gasteiger partial charge < -0.3 is 19.9 Å². The van der Waals surface area contributed by atoms with Gasteiger partial charge in [-0.3, -0.25) is 0 Å². The number of rotatable bonds is 6. The molecule has 8 heteroatoms. The first-order chi connectivity index (χ1) is 17.9. The van der Waals surface area contributed by atoms with Crippen molar-refractivity contribution in [2.75, 3.05) is 6.61 Å². The van der Waals surface area contributed by atoms with E-state index in [1.807, 2.05) is 56.3 Å². The normalized spacial score (nSPS) is 14.6. The van der Waals surface area contributed by atoms with Crippen LogP contribution in [0.1, 0.15) is 45.6 Å². The fourth-order valence-corrected chi connectivity index (χ4v) is 5.79. The van der Waals surface area contributed by atoms with Crippen LogP contribution < -0.4 is 19.9 Å². The first kappa shape index (κ1) is 24.7. The van der Waals surface area contributed by atoms with Gasteiger partial charge in [0.25, 0.3) is 0 Å². The van der Waals surface area contributed by atoms with Gasteiger partial charge in [0.2, 0.25) is 5.88 Å². The molecule has 0 spiro atoms. The molecular formula is C29H23ClN2O4S. The lowest BCUT2D eigenvalue weighted by molar-refractivity contribution is 0.0740. The number of hydrogen-bond acceptors (Lipinski definition) is 7. The van der Waals surface area contributed by atoms with Crippen molar-refractivity contribution in [3.63, 3.8) is 0 Å². The highest BCUT2D eigenvalue weighted by atomic mass is 35.5. The number of benzene rings is 3. The Balaban J connectivity index is 1.47. The Kier molecular flexibility index (Phi) is 6.79. The van der Waals surface area contributed by atoms with Crippen LogP contribution in [-0.4, -0.2) is 12.6 Å². The van der Waals surface area contributed by atoms with E-state index in [1.165, 1.54) is 11.3 Å². The van der Waals surface area contributed by atoms with Gasteiger partial charge in [0, 0.05) is 21.7 Å². The Hall–Kier alpha value is -3.99. The van der Waals surface area contributed by atoms with E-state index in [1.54, 1.807) is 18.2 Å². The van der Waals surface area contributed by atoms with E-state index in [-0.39, 0.29) is 11.6 Å². The number of nitrogens with two attached hydrogens (primary N) is 1. The van der Waals surface area contributed by atoms with Crippen LogP contribution in [0.5, 0.6) is 17.2 Å². The number of nitrogens with zero attached hydrogens (tertiary/aromatic N) is 1. The molecule has 1 aliphatic heterocycles. The maximum Gasteiger partial charge on any atom is 0.355 e. The average molecular weight is 531 g/mol. The van der Waals surface area contributed by atoms with E-state index < -0.39 is 11.9 Å². The Morgan fingerprint density at radius 3 is 2.78 bits per heavy atom. The molecule has 0 aliphatic carbocycles. The maximum atomic E-state index is 13.0. The van der Waals surface area contributed by atoms with E-state index >= 15 is 0 Å². The molecule has 186 valence electrons. The standard InChI is InChI=1S/C29H23ClN2O4S/c1-3-11-34-18-6-4-5-17(13-18)25-20-10-8-19(14-23(20)36-28(32)22(25)15-31)35-29(33)27-26(30)21-9-7-16(2)12-24(21)37-27/h4-10,12-14,25H,3,11,32H2,1-2H3. The van der Waals surface area contributed by atoms with Crippen molar-refractivity contribution in [3.8, 4) is 23.3 Å². The van der Waals surface area contributed by atoms with Gasteiger partial charge >= 0.3 is 5.97 Å². The second-order valence-electron chi connectivity index (χ2n) is 8.68. The number of fused-ring (bicyclic) bond motifs is 2. The van der Waals surface area contributed by atoms with Crippen molar-refractivity contribution < 1.29 is 19.0 Å². The van der Waals surface area contributed by atoms with E-state index in [9.17, 15) is 10.1 Å². The number of thiophene rings is 1. The van der Waals surface area contributed by atoms with E-state index in [4.69, 9.17) is 31.5 Å². The van der Waals surface area contributed by atoms with Gasteiger partial charge in [-0.2, -0.15) is 5.26 Å². The summed E-state index contributed by atoms with van der Waals surface area (Å²) in [6.45, 7) is 4.61. The lowest BCUT2D eigenvalue weighted by atomic mass is 9.83. The summed E-state index contributed by atoms with van der Waals surface area (Å²) in [7, 11) is 0. The predicted molar refractivity (Wildman–Crippen MR) is 144 cm³/mol. The van der Waals surface area contributed by atoms with Crippen LogP contribution in [0, 0.1) is 18.3 Å². The number of ether oxygens (including phenoxy) is 3. The lowest BCUT2D eigenvalue weighted by Crippen LogP contribution is -2.21. The van der Waals surface area contributed by atoms with Gasteiger partial charge in [-0.1, -0.05) is 48.9 Å². The van der Waals surface area contributed by atoms with Crippen molar-refractivity contribution in [1.29, 1.82) is 5.26 Å². The number of esters is 1. The minimum absolute atomic E-state index is 0.00581. The summed E-state index contributed by atoms with van der Waals surface area (Å²) in [5.74, 6) is 0.391. The number of carbonyl (C=O) groups excluding carboxylic acids is 1. The molecule has 1 atom stereocenters. The van der Waals surface area contributed by atoms with Crippen molar-refractivity contribution >= 4 is 39.0 Å². The highest BCUT2D eigenvalue weighted by molar-refractivity contribution is 7.21. The summed E-state index contributed by atoms with van der Waals surface area (Å²) >= 11 is 7.78. The van der Waals surface area contributed by atoms with Gasteiger partial charge in [-0.05, 0) is 48.7 Å². The molecule has 0 saturated carbocycles. The number of nitriles is 1. The monoisotopic (exact) mass is 530 g/mol. The molecule has 1 aromatic heterocycles. The predicted octanol–water partition coefficient (Wildman–Crippen LogP) is 7.09. The SMILES string of the molecule is CCCOc1cccc(C2C(C#N)=C(N)Oc3cc(OC(=O)c4sc5cc(C)ccc5c4Cl)ccc32)c1. The zero-order valence-electron chi connectivity index (χ0n) is 20.2. The molecule has 5 rings (SSSR count). The summed E-state index contributed by atoms with van der Waals surface area (Å²) in [5.41, 5.74) is 9.10. The van der Waals surface area contributed by atoms with Gasteiger partial charge in [-0.15, -0.1) is 11.3 Å². The zero-order chi connectivity index (χ0) is 26.1. The van der Waals surface area contributed by atoms with Crippen LogP contribution >= 0.6 is 22.9 Å². The highest BCUT2D eigenvalue weighted by Crippen LogP contribution is 2.44. The first-order valence-electron chi connectivity index (χ1n) is 11.7. The van der Waals surface area contributed by atoms with Crippen LogP contribution in [0.4, 0.5) is 0 Å². The number of carbonyl (C=O) groups is 1. The Morgan fingerprint density at radius 1 is 1.16 bits per heavy atom. The summed E-state index contributed by atoms with van der Waals surface area (Å²) in [6.07, 6.45) is 0.883. The smallest absolute Gasteiger partial charge is 0.355 e. The highest BCUT2D eigenvalue weighted by Gasteiger charge is 2.31.